The maximum Gasteiger partial charge on any atom is 0.147 e. The number of aryl methyl sites for hydroxylation is 2. The molecule has 0 atom stereocenters. The van der Waals surface area contributed by atoms with Crippen LogP contribution in [-0.4, -0.2) is 16.5 Å². The van der Waals surface area contributed by atoms with Gasteiger partial charge in [-0.3, -0.25) is 4.98 Å². The van der Waals surface area contributed by atoms with E-state index >= 15 is 0 Å². The standard InChI is InChI=1S/C13H23N3/c1-9(2)13(5,6)8-15-12-11(4)14-7-10(3)16-12/h7,9H,8H2,1-6H3,(H,15,16). The normalized spacial score (nSPS) is 11.9. The Morgan fingerprint density at radius 1 is 1.31 bits per heavy atom. The van der Waals surface area contributed by atoms with Gasteiger partial charge in [0.1, 0.15) is 5.82 Å². The first-order chi connectivity index (χ1) is 7.33. The highest BCUT2D eigenvalue weighted by atomic mass is 15.0. The fourth-order valence-electron chi connectivity index (χ4n) is 1.22. The van der Waals surface area contributed by atoms with Crippen molar-refractivity contribution < 1.29 is 0 Å². The summed E-state index contributed by atoms with van der Waals surface area (Å²) in [5.41, 5.74) is 2.18. The lowest BCUT2D eigenvalue weighted by molar-refractivity contribution is 0.269. The number of hydrogen-bond donors (Lipinski definition) is 1. The predicted molar refractivity (Wildman–Crippen MR) is 68.6 cm³/mol. The average molecular weight is 221 g/mol. The van der Waals surface area contributed by atoms with E-state index in [1.807, 2.05) is 13.8 Å². The van der Waals surface area contributed by atoms with E-state index in [4.69, 9.17) is 0 Å². The van der Waals surface area contributed by atoms with Gasteiger partial charge in [-0.25, -0.2) is 4.98 Å². The molecule has 90 valence electrons. The topological polar surface area (TPSA) is 37.8 Å². The molecular weight excluding hydrogens is 198 g/mol. The first-order valence-electron chi connectivity index (χ1n) is 5.87. The van der Waals surface area contributed by atoms with Crippen LogP contribution < -0.4 is 5.32 Å². The number of hydrogen-bond acceptors (Lipinski definition) is 3. The number of nitrogens with one attached hydrogen (secondary N) is 1. The first kappa shape index (κ1) is 12.9. The smallest absolute Gasteiger partial charge is 0.147 e. The van der Waals surface area contributed by atoms with Crippen molar-refractivity contribution in [2.75, 3.05) is 11.9 Å². The van der Waals surface area contributed by atoms with Gasteiger partial charge in [0.25, 0.3) is 0 Å². The lowest BCUT2D eigenvalue weighted by Gasteiger charge is -2.29. The zero-order valence-corrected chi connectivity index (χ0v) is 11.3. The van der Waals surface area contributed by atoms with Crippen LogP contribution in [0, 0.1) is 25.2 Å². The lowest BCUT2D eigenvalue weighted by Crippen LogP contribution is -2.29. The van der Waals surface area contributed by atoms with Gasteiger partial charge in [-0.15, -0.1) is 0 Å². The van der Waals surface area contributed by atoms with Gasteiger partial charge in [-0.05, 0) is 25.2 Å². The molecule has 0 fully saturated rings. The molecule has 0 amide bonds. The Bertz CT molecular complexity index is 356. The lowest BCUT2D eigenvalue weighted by atomic mass is 9.81. The molecule has 0 saturated heterocycles. The van der Waals surface area contributed by atoms with Crippen molar-refractivity contribution in [3.05, 3.63) is 17.6 Å². The Morgan fingerprint density at radius 3 is 2.50 bits per heavy atom. The number of nitrogens with zero attached hydrogens (tertiary/aromatic N) is 2. The maximum absolute atomic E-state index is 4.46. The van der Waals surface area contributed by atoms with Crippen molar-refractivity contribution in [1.29, 1.82) is 0 Å². The summed E-state index contributed by atoms with van der Waals surface area (Å²) in [5, 5.41) is 3.40. The van der Waals surface area contributed by atoms with E-state index in [2.05, 4.69) is 43.0 Å². The second-order valence-corrected chi connectivity index (χ2v) is 5.44. The summed E-state index contributed by atoms with van der Waals surface area (Å²) in [6, 6.07) is 0. The van der Waals surface area contributed by atoms with E-state index in [0.717, 1.165) is 23.8 Å². The van der Waals surface area contributed by atoms with Crippen LogP contribution in [0.15, 0.2) is 6.20 Å². The quantitative estimate of drug-likeness (QED) is 0.848. The fourth-order valence-corrected chi connectivity index (χ4v) is 1.22. The molecular formula is C13H23N3. The third kappa shape index (κ3) is 3.19. The van der Waals surface area contributed by atoms with Crippen LogP contribution in [0.3, 0.4) is 0 Å². The Balaban J connectivity index is 2.71. The molecule has 1 rings (SSSR count). The molecule has 0 aromatic carbocycles. The molecule has 3 nitrogen and oxygen atoms in total. The molecule has 0 aliphatic rings. The van der Waals surface area contributed by atoms with Crippen LogP contribution >= 0.6 is 0 Å². The van der Waals surface area contributed by atoms with Gasteiger partial charge >= 0.3 is 0 Å². The highest BCUT2D eigenvalue weighted by molar-refractivity contribution is 5.39. The van der Waals surface area contributed by atoms with Gasteiger partial charge in [-0.2, -0.15) is 0 Å². The van der Waals surface area contributed by atoms with Crippen molar-refractivity contribution in [1.82, 2.24) is 9.97 Å². The van der Waals surface area contributed by atoms with Crippen molar-refractivity contribution in [3.8, 4) is 0 Å². The minimum absolute atomic E-state index is 0.262. The number of anilines is 1. The van der Waals surface area contributed by atoms with Gasteiger partial charge in [0.2, 0.25) is 0 Å². The first-order valence-corrected chi connectivity index (χ1v) is 5.87. The highest BCUT2D eigenvalue weighted by Gasteiger charge is 2.22. The van der Waals surface area contributed by atoms with Crippen molar-refractivity contribution >= 4 is 5.82 Å². The van der Waals surface area contributed by atoms with E-state index in [9.17, 15) is 0 Å². The van der Waals surface area contributed by atoms with Crippen LogP contribution in [0.2, 0.25) is 0 Å². The molecule has 16 heavy (non-hydrogen) atoms. The fraction of sp³-hybridized carbons (Fsp3) is 0.692. The summed E-state index contributed by atoms with van der Waals surface area (Å²) in [6.07, 6.45) is 1.80. The van der Waals surface area contributed by atoms with Gasteiger partial charge in [0.05, 0.1) is 11.4 Å². The Labute approximate surface area is 98.7 Å². The van der Waals surface area contributed by atoms with Gasteiger partial charge in [0, 0.05) is 12.7 Å². The van der Waals surface area contributed by atoms with Crippen molar-refractivity contribution in [2.45, 2.75) is 41.5 Å². The summed E-state index contributed by atoms with van der Waals surface area (Å²) in [5.74, 6) is 1.55. The van der Waals surface area contributed by atoms with E-state index in [0.29, 0.717) is 5.92 Å². The summed E-state index contributed by atoms with van der Waals surface area (Å²) in [6.45, 7) is 13.9. The molecule has 0 spiro atoms. The summed E-state index contributed by atoms with van der Waals surface area (Å²) in [4.78, 5) is 8.76. The second kappa shape index (κ2) is 4.81. The molecule has 0 radical (unpaired) electrons. The number of rotatable bonds is 4. The molecule has 1 heterocycles. The monoisotopic (exact) mass is 221 g/mol. The maximum atomic E-state index is 4.46. The zero-order valence-electron chi connectivity index (χ0n) is 11.3. The van der Waals surface area contributed by atoms with Gasteiger partial charge in [-0.1, -0.05) is 27.7 Å². The molecule has 0 unspecified atom stereocenters. The minimum Gasteiger partial charge on any atom is -0.368 e. The van der Waals surface area contributed by atoms with Gasteiger partial charge in [0.15, 0.2) is 0 Å². The van der Waals surface area contributed by atoms with Gasteiger partial charge < -0.3 is 5.32 Å². The molecule has 1 N–H and O–H groups in total. The van der Waals surface area contributed by atoms with Crippen LogP contribution in [0.1, 0.15) is 39.1 Å². The minimum atomic E-state index is 0.262. The molecule has 0 aliphatic carbocycles. The Kier molecular flexibility index (Phi) is 3.89. The van der Waals surface area contributed by atoms with E-state index < -0.39 is 0 Å². The number of aromatic nitrogens is 2. The third-order valence-electron chi connectivity index (χ3n) is 3.35. The summed E-state index contributed by atoms with van der Waals surface area (Å²) < 4.78 is 0. The van der Waals surface area contributed by atoms with Crippen molar-refractivity contribution in [2.24, 2.45) is 11.3 Å². The molecule has 0 bridgehead atoms. The molecule has 0 saturated carbocycles. The SMILES string of the molecule is Cc1cnc(C)c(NCC(C)(C)C(C)C)n1. The molecule has 3 heteroatoms. The van der Waals surface area contributed by atoms with Crippen LogP contribution in [0.5, 0.6) is 0 Å². The van der Waals surface area contributed by atoms with Crippen molar-refractivity contribution in [3.63, 3.8) is 0 Å². The molecule has 1 aromatic rings. The molecule has 1 aromatic heterocycles. The Hall–Kier alpha value is -1.12. The summed E-state index contributed by atoms with van der Waals surface area (Å²) >= 11 is 0. The Morgan fingerprint density at radius 2 is 1.94 bits per heavy atom. The van der Waals surface area contributed by atoms with Crippen LogP contribution in [0.4, 0.5) is 5.82 Å². The van der Waals surface area contributed by atoms with Crippen LogP contribution in [-0.2, 0) is 0 Å². The van der Waals surface area contributed by atoms with E-state index in [1.54, 1.807) is 6.20 Å². The summed E-state index contributed by atoms with van der Waals surface area (Å²) in [7, 11) is 0. The molecule has 0 aliphatic heterocycles. The van der Waals surface area contributed by atoms with Crippen LogP contribution in [0.25, 0.3) is 0 Å². The second-order valence-electron chi connectivity index (χ2n) is 5.44. The highest BCUT2D eigenvalue weighted by Crippen LogP contribution is 2.26. The van der Waals surface area contributed by atoms with E-state index in [1.165, 1.54) is 0 Å². The van der Waals surface area contributed by atoms with E-state index in [-0.39, 0.29) is 5.41 Å². The zero-order chi connectivity index (χ0) is 12.3. The predicted octanol–water partition coefficient (Wildman–Crippen LogP) is 3.19. The third-order valence-corrected chi connectivity index (χ3v) is 3.35. The average Bonchev–Trinajstić information content (AvgIpc) is 2.19. The largest absolute Gasteiger partial charge is 0.368 e.